The Kier molecular flexibility index (Phi) is 5.66. The molecule has 2 aromatic heterocycles. The van der Waals surface area contributed by atoms with E-state index >= 15 is 0 Å². The Morgan fingerprint density at radius 2 is 1.88 bits per heavy atom. The fourth-order valence-electron chi connectivity index (χ4n) is 4.07. The molecule has 0 aliphatic carbocycles. The Bertz CT molecular complexity index is 1610. The minimum Gasteiger partial charge on any atom is -0.465 e. The summed E-state index contributed by atoms with van der Waals surface area (Å²) in [6.45, 7) is 7.56. The molecule has 0 amide bonds. The second-order valence-corrected chi connectivity index (χ2v) is 8.88. The number of hydrogen-bond acceptors (Lipinski definition) is 3. The van der Waals surface area contributed by atoms with Gasteiger partial charge < -0.3 is 9.72 Å². The van der Waals surface area contributed by atoms with Crippen LogP contribution in [0, 0.1) is 12.4 Å². The lowest BCUT2D eigenvalue weighted by atomic mass is 9.96. The van der Waals surface area contributed by atoms with Gasteiger partial charge >= 0.3 is 5.97 Å². The van der Waals surface area contributed by atoms with Gasteiger partial charge in [0.15, 0.2) is 0 Å². The molecular weight excluding hydrogens is 471 g/mol. The molecule has 0 aliphatic heterocycles. The monoisotopic (exact) mass is 486 g/mol. The van der Waals surface area contributed by atoms with Crippen molar-refractivity contribution in [2.24, 2.45) is 0 Å². The summed E-state index contributed by atoms with van der Waals surface area (Å²) in [6, 6.07) is 19.3. The SMILES string of the molecule is [C-]#[N+]c1sccc1-c1c(-c2cccc(-c3ccc(C(=O)OC)cc3Cl)c2)[nH]c2ccc(F)cc12. The lowest BCUT2D eigenvalue weighted by molar-refractivity contribution is 0.0600. The number of nitrogens with zero attached hydrogens (tertiary/aromatic N) is 1. The van der Waals surface area contributed by atoms with Gasteiger partial charge in [-0.25, -0.2) is 14.0 Å². The third-order valence-electron chi connectivity index (χ3n) is 5.63. The summed E-state index contributed by atoms with van der Waals surface area (Å²) in [5.74, 6) is -0.798. The Hall–Kier alpha value is -3.92. The fourth-order valence-corrected chi connectivity index (χ4v) is 5.05. The predicted molar refractivity (Wildman–Crippen MR) is 135 cm³/mol. The first-order valence-corrected chi connectivity index (χ1v) is 11.5. The lowest BCUT2D eigenvalue weighted by Crippen LogP contribution is -2.00. The molecule has 0 fully saturated rings. The second kappa shape index (κ2) is 8.79. The van der Waals surface area contributed by atoms with Crippen molar-refractivity contribution in [3.8, 4) is 33.5 Å². The normalized spacial score (nSPS) is 10.9. The molecule has 166 valence electrons. The highest BCUT2D eigenvalue weighted by molar-refractivity contribution is 7.15. The maximum absolute atomic E-state index is 14.2. The van der Waals surface area contributed by atoms with E-state index in [9.17, 15) is 9.18 Å². The summed E-state index contributed by atoms with van der Waals surface area (Å²) in [5, 5.41) is 3.55. The topological polar surface area (TPSA) is 46.5 Å². The van der Waals surface area contributed by atoms with Crippen molar-refractivity contribution in [1.29, 1.82) is 0 Å². The average Bonchev–Trinajstić information content (AvgIpc) is 3.47. The van der Waals surface area contributed by atoms with E-state index in [1.807, 2.05) is 35.7 Å². The molecule has 4 nitrogen and oxygen atoms in total. The van der Waals surface area contributed by atoms with Crippen LogP contribution >= 0.6 is 22.9 Å². The number of thiophene rings is 1. The van der Waals surface area contributed by atoms with Crippen LogP contribution in [0.1, 0.15) is 10.4 Å². The maximum Gasteiger partial charge on any atom is 0.337 e. The third kappa shape index (κ3) is 3.75. The number of esters is 1. The van der Waals surface area contributed by atoms with E-state index in [0.717, 1.165) is 39.0 Å². The molecule has 0 atom stereocenters. The van der Waals surface area contributed by atoms with Crippen molar-refractivity contribution in [1.82, 2.24) is 4.98 Å². The zero-order chi connectivity index (χ0) is 23.8. The van der Waals surface area contributed by atoms with Gasteiger partial charge in [-0.05, 0) is 52.9 Å². The van der Waals surface area contributed by atoms with Gasteiger partial charge in [0.2, 0.25) is 5.00 Å². The van der Waals surface area contributed by atoms with E-state index in [1.165, 1.54) is 30.6 Å². The quantitative estimate of drug-likeness (QED) is 0.205. The van der Waals surface area contributed by atoms with Crippen LogP contribution in [0.2, 0.25) is 5.02 Å². The number of carbonyl (C=O) groups is 1. The summed E-state index contributed by atoms with van der Waals surface area (Å²) < 4.78 is 18.9. The van der Waals surface area contributed by atoms with Crippen molar-refractivity contribution < 1.29 is 13.9 Å². The molecular formula is C27H16ClFN2O2S. The van der Waals surface area contributed by atoms with Crippen LogP contribution in [-0.2, 0) is 4.74 Å². The van der Waals surface area contributed by atoms with E-state index in [4.69, 9.17) is 22.9 Å². The van der Waals surface area contributed by atoms with Crippen molar-refractivity contribution in [2.45, 2.75) is 0 Å². The Morgan fingerprint density at radius 1 is 1.06 bits per heavy atom. The van der Waals surface area contributed by atoms with E-state index < -0.39 is 5.97 Å². The highest BCUT2D eigenvalue weighted by Crippen LogP contribution is 2.45. The van der Waals surface area contributed by atoms with Gasteiger partial charge in [0, 0.05) is 32.6 Å². The first kappa shape index (κ1) is 21.9. The maximum atomic E-state index is 14.2. The zero-order valence-corrected chi connectivity index (χ0v) is 19.4. The van der Waals surface area contributed by atoms with Crippen LogP contribution in [0.4, 0.5) is 9.39 Å². The first-order valence-electron chi connectivity index (χ1n) is 10.3. The predicted octanol–water partition coefficient (Wildman–Crippen LogP) is 8.36. The number of aromatic amines is 1. The van der Waals surface area contributed by atoms with Gasteiger partial charge in [0.05, 0.1) is 24.9 Å². The summed E-state index contributed by atoms with van der Waals surface area (Å²) in [4.78, 5) is 18.9. The van der Waals surface area contributed by atoms with Crippen LogP contribution < -0.4 is 0 Å². The number of benzene rings is 3. The lowest BCUT2D eigenvalue weighted by Gasteiger charge is -2.10. The number of hydrogen-bond donors (Lipinski definition) is 1. The molecule has 0 bridgehead atoms. The third-order valence-corrected chi connectivity index (χ3v) is 6.75. The molecule has 34 heavy (non-hydrogen) atoms. The summed E-state index contributed by atoms with van der Waals surface area (Å²) >= 11 is 7.86. The highest BCUT2D eigenvalue weighted by atomic mass is 35.5. The average molecular weight is 487 g/mol. The number of ether oxygens (including phenoxy) is 1. The molecule has 0 aliphatic rings. The number of carbonyl (C=O) groups excluding carboxylic acids is 1. The van der Waals surface area contributed by atoms with Gasteiger partial charge in [0.1, 0.15) is 5.82 Å². The first-order chi connectivity index (χ1) is 16.5. The molecule has 5 aromatic rings. The van der Waals surface area contributed by atoms with Crippen LogP contribution in [0.3, 0.4) is 0 Å². The smallest absolute Gasteiger partial charge is 0.337 e. The van der Waals surface area contributed by atoms with Gasteiger partial charge in [-0.15, -0.1) is 0 Å². The molecule has 7 heteroatoms. The Balaban J connectivity index is 1.69. The number of rotatable bonds is 4. The molecule has 3 aromatic carbocycles. The highest BCUT2D eigenvalue weighted by Gasteiger charge is 2.20. The number of halogens is 2. The van der Waals surface area contributed by atoms with Gasteiger partial charge in [-0.3, -0.25) is 0 Å². The van der Waals surface area contributed by atoms with Crippen molar-refractivity contribution >= 4 is 44.8 Å². The van der Waals surface area contributed by atoms with Gasteiger partial charge in [-0.2, -0.15) is 11.3 Å². The van der Waals surface area contributed by atoms with E-state index in [0.29, 0.717) is 21.0 Å². The number of fused-ring (bicyclic) bond motifs is 1. The number of H-pyrrole nitrogens is 1. The van der Waals surface area contributed by atoms with Crippen LogP contribution in [0.15, 0.2) is 72.1 Å². The van der Waals surface area contributed by atoms with Gasteiger partial charge in [0.25, 0.3) is 0 Å². The van der Waals surface area contributed by atoms with E-state index in [-0.39, 0.29) is 5.82 Å². The summed E-state index contributed by atoms with van der Waals surface area (Å²) in [5.41, 5.74) is 5.95. The largest absolute Gasteiger partial charge is 0.465 e. The molecule has 1 N–H and O–H groups in total. The standard InChI is InChI=1S/C27H16ClFN2O2S/c1-30-26-20(10-11-34-26)24-21-14-18(29)7-9-23(21)31-25(24)16-5-3-4-15(12-16)19-8-6-17(13-22(19)28)27(32)33-2/h3-14,31H,2H3. The van der Waals surface area contributed by atoms with Crippen molar-refractivity contribution in [3.63, 3.8) is 0 Å². The van der Waals surface area contributed by atoms with Crippen LogP contribution in [-0.4, -0.2) is 18.1 Å². The van der Waals surface area contributed by atoms with Crippen molar-refractivity contribution in [3.05, 3.63) is 99.9 Å². The fraction of sp³-hybridized carbons (Fsp3) is 0.0370. The summed E-state index contributed by atoms with van der Waals surface area (Å²) in [7, 11) is 1.32. The van der Waals surface area contributed by atoms with Crippen LogP contribution in [0.25, 0.3) is 49.3 Å². The van der Waals surface area contributed by atoms with Crippen molar-refractivity contribution in [2.75, 3.05) is 7.11 Å². The second-order valence-electron chi connectivity index (χ2n) is 7.58. The molecule has 0 saturated carbocycles. The minimum absolute atomic E-state index is 0.342. The molecule has 5 rings (SSSR count). The van der Waals surface area contributed by atoms with Gasteiger partial charge in [-0.1, -0.05) is 41.9 Å². The van der Waals surface area contributed by atoms with E-state index in [1.54, 1.807) is 24.3 Å². The zero-order valence-electron chi connectivity index (χ0n) is 17.9. The molecule has 0 spiro atoms. The Labute approximate surface area is 204 Å². The Morgan fingerprint density at radius 3 is 2.65 bits per heavy atom. The van der Waals surface area contributed by atoms with E-state index in [2.05, 4.69) is 9.83 Å². The summed E-state index contributed by atoms with van der Waals surface area (Å²) in [6.07, 6.45) is 0. The minimum atomic E-state index is -0.455. The van der Waals surface area contributed by atoms with Crippen LogP contribution in [0.5, 0.6) is 0 Å². The number of nitrogens with one attached hydrogen (secondary N) is 1. The number of aromatic nitrogens is 1. The number of methoxy groups -OCH3 is 1. The molecule has 0 radical (unpaired) electrons. The molecule has 2 heterocycles. The molecule has 0 saturated heterocycles. The molecule has 0 unspecified atom stereocenters.